The lowest BCUT2D eigenvalue weighted by molar-refractivity contribution is -0.113. The molecule has 1 amide bonds. The summed E-state index contributed by atoms with van der Waals surface area (Å²) in [6, 6.07) is 30.5. The average Bonchev–Trinajstić information content (AvgIpc) is 3.23. The highest BCUT2D eigenvalue weighted by molar-refractivity contribution is 8.19. The number of carboxylic acids is 1. The monoisotopic (exact) mass is 540 g/mol. The Balaban J connectivity index is 1.43. The third-order valence-corrected chi connectivity index (χ3v) is 6.83. The summed E-state index contributed by atoms with van der Waals surface area (Å²) in [5, 5.41) is 10.4. The fourth-order valence-corrected chi connectivity index (χ4v) is 4.89. The van der Waals surface area contributed by atoms with Crippen molar-refractivity contribution in [3.63, 3.8) is 0 Å². The molecule has 1 aliphatic heterocycles. The fourth-order valence-electron chi connectivity index (χ4n) is 3.77. The van der Waals surface area contributed by atoms with Gasteiger partial charge in [0.1, 0.15) is 12.4 Å². The van der Waals surface area contributed by atoms with Gasteiger partial charge >= 0.3 is 5.97 Å². The SMILES string of the molecule is O=C(O)c1cccc(N=C2S/C(=C\c3cccc(OCc4ccc(Cl)cc4)c3)C(=O)N2c2ccccc2)c1. The minimum atomic E-state index is -1.04. The number of carbonyl (C=O) groups is 2. The summed E-state index contributed by atoms with van der Waals surface area (Å²) in [5.41, 5.74) is 3.03. The average molecular weight is 541 g/mol. The molecule has 4 aromatic rings. The summed E-state index contributed by atoms with van der Waals surface area (Å²) in [6.45, 7) is 0.388. The van der Waals surface area contributed by atoms with E-state index in [0.29, 0.717) is 38.8 Å². The number of halogens is 1. The lowest BCUT2D eigenvalue weighted by atomic mass is 10.2. The van der Waals surface area contributed by atoms with E-state index in [1.165, 1.54) is 28.8 Å². The Hall–Kier alpha value is -4.33. The van der Waals surface area contributed by atoms with Crippen LogP contribution in [-0.2, 0) is 11.4 Å². The Kier molecular flexibility index (Phi) is 7.58. The van der Waals surface area contributed by atoms with Crippen LogP contribution in [0, 0.1) is 0 Å². The van der Waals surface area contributed by atoms with Gasteiger partial charge < -0.3 is 9.84 Å². The summed E-state index contributed by atoms with van der Waals surface area (Å²) >= 11 is 7.18. The second-order valence-corrected chi connectivity index (χ2v) is 9.77. The number of aromatic carboxylic acids is 1. The van der Waals surface area contributed by atoms with Crippen molar-refractivity contribution < 1.29 is 19.4 Å². The Morgan fingerprint density at radius 2 is 1.71 bits per heavy atom. The zero-order valence-corrected chi connectivity index (χ0v) is 21.5. The van der Waals surface area contributed by atoms with Gasteiger partial charge in [-0.25, -0.2) is 9.79 Å². The van der Waals surface area contributed by atoms with Gasteiger partial charge in [0, 0.05) is 5.02 Å². The Morgan fingerprint density at radius 1 is 0.947 bits per heavy atom. The highest BCUT2D eigenvalue weighted by Gasteiger charge is 2.34. The second kappa shape index (κ2) is 11.4. The molecule has 0 unspecified atom stereocenters. The van der Waals surface area contributed by atoms with Crippen LogP contribution in [0.2, 0.25) is 5.02 Å². The van der Waals surface area contributed by atoms with Crippen molar-refractivity contribution in [3.05, 3.63) is 130 Å². The van der Waals surface area contributed by atoms with E-state index in [4.69, 9.17) is 16.3 Å². The molecule has 4 aromatic carbocycles. The molecule has 188 valence electrons. The number of benzene rings is 4. The molecule has 5 rings (SSSR count). The predicted octanol–water partition coefficient (Wildman–Crippen LogP) is 7.43. The van der Waals surface area contributed by atoms with Gasteiger partial charge in [-0.05, 0) is 83.6 Å². The van der Waals surface area contributed by atoms with Gasteiger partial charge in [0.15, 0.2) is 5.17 Å². The zero-order chi connectivity index (χ0) is 26.5. The van der Waals surface area contributed by atoms with Gasteiger partial charge in [-0.2, -0.15) is 0 Å². The van der Waals surface area contributed by atoms with Gasteiger partial charge in [0.2, 0.25) is 0 Å². The van der Waals surface area contributed by atoms with Gasteiger partial charge in [0.25, 0.3) is 5.91 Å². The molecule has 38 heavy (non-hydrogen) atoms. The number of nitrogens with zero attached hydrogens (tertiary/aromatic N) is 2. The standard InChI is InChI=1S/C30H21ClN2O4S/c31-23-14-12-20(13-15-23)19-37-26-11-4-6-21(16-26)17-27-28(34)33(25-9-2-1-3-10-25)30(38-27)32-24-8-5-7-22(18-24)29(35)36/h1-18H,19H2,(H,35,36)/b27-17-,32-30?. The van der Waals surface area contributed by atoms with Crippen molar-refractivity contribution in [3.8, 4) is 5.75 Å². The molecule has 0 atom stereocenters. The van der Waals surface area contributed by atoms with Gasteiger partial charge in [0.05, 0.1) is 21.8 Å². The van der Waals surface area contributed by atoms with Crippen LogP contribution in [0.4, 0.5) is 11.4 Å². The maximum atomic E-state index is 13.5. The van der Waals surface area contributed by atoms with Crippen molar-refractivity contribution in [1.29, 1.82) is 0 Å². The van der Waals surface area contributed by atoms with Crippen LogP contribution in [0.5, 0.6) is 5.75 Å². The maximum Gasteiger partial charge on any atom is 0.335 e. The molecule has 1 heterocycles. The van der Waals surface area contributed by atoms with E-state index in [-0.39, 0.29) is 11.5 Å². The van der Waals surface area contributed by atoms with E-state index < -0.39 is 5.97 Å². The van der Waals surface area contributed by atoms with Crippen molar-refractivity contribution in [2.75, 3.05) is 4.90 Å². The van der Waals surface area contributed by atoms with Crippen LogP contribution in [0.15, 0.2) is 113 Å². The van der Waals surface area contributed by atoms with Crippen LogP contribution in [-0.4, -0.2) is 22.2 Å². The smallest absolute Gasteiger partial charge is 0.335 e. The van der Waals surface area contributed by atoms with E-state index >= 15 is 0 Å². The highest BCUT2D eigenvalue weighted by atomic mass is 35.5. The van der Waals surface area contributed by atoms with Crippen LogP contribution >= 0.6 is 23.4 Å². The summed E-state index contributed by atoms with van der Waals surface area (Å²) in [4.78, 5) is 31.6. The van der Waals surface area contributed by atoms with E-state index in [1.54, 1.807) is 18.2 Å². The molecule has 8 heteroatoms. The van der Waals surface area contributed by atoms with Crippen molar-refractivity contribution >= 4 is 57.9 Å². The molecule has 1 saturated heterocycles. The number of amides is 1. The third kappa shape index (κ3) is 5.96. The minimum absolute atomic E-state index is 0.124. The molecule has 0 aliphatic carbocycles. The number of hydrogen-bond donors (Lipinski definition) is 1. The number of amidine groups is 1. The maximum absolute atomic E-state index is 13.5. The minimum Gasteiger partial charge on any atom is -0.489 e. The Morgan fingerprint density at radius 3 is 2.47 bits per heavy atom. The lowest BCUT2D eigenvalue weighted by Crippen LogP contribution is -2.28. The Bertz CT molecular complexity index is 1550. The molecule has 6 nitrogen and oxygen atoms in total. The summed E-state index contributed by atoms with van der Waals surface area (Å²) in [6.07, 6.45) is 1.80. The third-order valence-electron chi connectivity index (χ3n) is 5.61. The number of rotatable bonds is 7. The number of thioether (sulfide) groups is 1. The van der Waals surface area contributed by atoms with E-state index in [1.807, 2.05) is 78.9 Å². The zero-order valence-electron chi connectivity index (χ0n) is 20.0. The highest BCUT2D eigenvalue weighted by Crippen LogP contribution is 2.37. The second-order valence-electron chi connectivity index (χ2n) is 8.32. The molecular formula is C30H21ClN2O4S. The van der Waals surface area contributed by atoms with Crippen LogP contribution in [0.1, 0.15) is 21.5 Å². The molecule has 1 fully saturated rings. The van der Waals surface area contributed by atoms with E-state index in [2.05, 4.69) is 4.99 Å². The van der Waals surface area contributed by atoms with E-state index in [9.17, 15) is 14.7 Å². The first-order valence-electron chi connectivity index (χ1n) is 11.6. The number of anilines is 1. The molecular weight excluding hydrogens is 520 g/mol. The normalized spacial score (nSPS) is 15.3. The molecule has 1 N–H and O–H groups in total. The number of hydrogen-bond acceptors (Lipinski definition) is 5. The summed E-state index contributed by atoms with van der Waals surface area (Å²) < 4.78 is 5.94. The number of carbonyl (C=O) groups excluding carboxylic acids is 1. The lowest BCUT2D eigenvalue weighted by Gasteiger charge is -2.15. The summed E-state index contributed by atoms with van der Waals surface area (Å²) in [7, 11) is 0. The van der Waals surface area contributed by atoms with Crippen molar-refractivity contribution in [1.82, 2.24) is 0 Å². The largest absolute Gasteiger partial charge is 0.489 e. The number of carboxylic acid groups (broad SMARTS) is 1. The van der Waals surface area contributed by atoms with Gasteiger partial charge in [-0.3, -0.25) is 9.69 Å². The molecule has 0 bridgehead atoms. The molecule has 0 saturated carbocycles. The topological polar surface area (TPSA) is 79.2 Å². The molecule has 0 spiro atoms. The number of aliphatic imine (C=N–C) groups is 1. The van der Waals surface area contributed by atoms with Gasteiger partial charge in [-0.1, -0.05) is 60.1 Å². The van der Waals surface area contributed by atoms with Crippen LogP contribution in [0.25, 0.3) is 6.08 Å². The molecule has 1 aliphatic rings. The first-order chi connectivity index (χ1) is 18.5. The number of para-hydroxylation sites is 1. The number of ether oxygens (including phenoxy) is 1. The first kappa shape index (κ1) is 25.3. The summed E-state index contributed by atoms with van der Waals surface area (Å²) in [5.74, 6) is -0.591. The van der Waals surface area contributed by atoms with Crippen LogP contribution < -0.4 is 9.64 Å². The molecule has 0 radical (unpaired) electrons. The van der Waals surface area contributed by atoms with Gasteiger partial charge in [-0.15, -0.1) is 0 Å². The Labute approximate surface area is 228 Å². The van der Waals surface area contributed by atoms with E-state index in [0.717, 1.165) is 11.1 Å². The fraction of sp³-hybridized carbons (Fsp3) is 0.0333. The first-order valence-corrected chi connectivity index (χ1v) is 12.8. The quantitative estimate of drug-likeness (QED) is 0.247. The molecule has 0 aromatic heterocycles. The van der Waals surface area contributed by atoms with Crippen LogP contribution in [0.3, 0.4) is 0 Å². The van der Waals surface area contributed by atoms with Crippen molar-refractivity contribution in [2.24, 2.45) is 4.99 Å². The van der Waals surface area contributed by atoms with Crippen molar-refractivity contribution in [2.45, 2.75) is 6.61 Å². The predicted molar refractivity (Wildman–Crippen MR) is 152 cm³/mol.